The molecule has 0 bridgehead atoms. The highest BCUT2D eigenvalue weighted by Crippen LogP contribution is 2.35. The van der Waals surface area contributed by atoms with E-state index in [2.05, 4.69) is 9.97 Å². The monoisotopic (exact) mass is 474 g/mol. The molecular weight excluding hydrogens is 449 g/mol. The Morgan fingerprint density at radius 2 is 1.91 bits per heavy atom. The maximum atomic E-state index is 14.4. The molecule has 0 unspecified atom stereocenters. The largest absolute Gasteiger partial charge is 0.390 e. The number of pyridine rings is 2. The molecule has 0 spiro atoms. The average Bonchev–Trinajstić information content (AvgIpc) is 2.86. The molecule has 3 aromatic rings. The van der Waals surface area contributed by atoms with Crippen LogP contribution in [0, 0.1) is 17.5 Å². The number of benzene rings is 1. The first-order valence-electron chi connectivity index (χ1n) is 11.7. The molecule has 0 saturated carbocycles. The van der Waals surface area contributed by atoms with E-state index in [1.165, 1.54) is 18.5 Å². The molecule has 2 N–H and O–H groups in total. The standard InChI is InChI=1S/C25H23F3N2O4/c1-2-21-25(33)20(32)11-22(34-21)14-8-9-29-12-13(14)10-19(31)18-7-6-17(28)24(30-18)23-15(26)4-3-5-16(23)27/h3-9,12,20-22,25,32-33H,2,10-11H2,1H3/t20-,21-,22-,25+/m1/s1/i11D,22D/t11-,20-,21-,22-,25+. The first-order valence-corrected chi connectivity index (χ1v) is 10.6. The van der Waals surface area contributed by atoms with E-state index in [-0.39, 0.29) is 23.2 Å². The normalized spacial score (nSPS) is 27.7. The first-order chi connectivity index (χ1) is 17.1. The third-order valence-corrected chi connectivity index (χ3v) is 5.58. The highest BCUT2D eigenvalue weighted by Gasteiger charge is 2.37. The number of ketones is 1. The molecule has 34 heavy (non-hydrogen) atoms. The lowest BCUT2D eigenvalue weighted by Crippen LogP contribution is -2.45. The fourth-order valence-electron chi connectivity index (χ4n) is 3.79. The van der Waals surface area contributed by atoms with Gasteiger partial charge >= 0.3 is 0 Å². The topological polar surface area (TPSA) is 92.5 Å². The number of halogens is 3. The minimum absolute atomic E-state index is 0.0812. The van der Waals surface area contributed by atoms with Gasteiger partial charge in [-0.25, -0.2) is 18.2 Å². The van der Waals surface area contributed by atoms with Crippen molar-refractivity contribution in [3.05, 3.63) is 83.1 Å². The van der Waals surface area contributed by atoms with Crippen LogP contribution < -0.4 is 0 Å². The van der Waals surface area contributed by atoms with Gasteiger partial charge in [0.15, 0.2) is 5.78 Å². The van der Waals surface area contributed by atoms with Gasteiger partial charge in [-0.05, 0) is 47.9 Å². The van der Waals surface area contributed by atoms with Crippen molar-refractivity contribution in [3.63, 3.8) is 0 Å². The lowest BCUT2D eigenvalue weighted by atomic mass is 9.90. The third kappa shape index (κ3) is 4.72. The summed E-state index contributed by atoms with van der Waals surface area (Å²) in [7, 11) is 0. The average molecular weight is 474 g/mol. The second-order valence-electron chi connectivity index (χ2n) is 7.83. The van der Waals surface area contributed by atoms with Crippen molar-refractivity contribution >= 4 is 5.78 Å². The quantitative estimate of drug-likeness (QED) is 0.526. The van der Waals surface area contributed by atoms with Crippen LogP contribution in [0.25, 0.3) is 11.3 Å². The van der Waals surface area contributed by atoms with Crippen LogP contribution in [0.4, 0.5) is 13.2 Å². The van der Waals surface area contributed by atoms with Gasteiger partial charge in [-0.1, -0.05) is 13.0 Å². The second-order valence-corrected chi connectivity index (χ2v) is 7.83. The maximum Gasteiger partial charge on any atom is 0.185 e. The summed E-state index contributed by atoms with van der Waals surface area (Å²) in [6.07, 6.45) is -5.11. The summed E-state index contributed by atoms with van der Waals surface area (Å²) >= 11 is 0. The third-order valence-electron chi connectivity index (χ3n) is 5.58. The highest BCUT2D eigenvalue weighted by atomic mass is 19.1. The fraction of sp³-hybridized carbons (Fsp3) is 0.320. The van der Waals surface area contributed by atoms with Crippen molar-refractivity contribution in [3.8, 4) is 11.3 Å². The molecule has 178 valence electrons. The summed E-state index contributed by atoms with van der Waals surface area (Å²) in [6.45, 7) is 1.69. The van der Waals surface area contributed by atoms with Crippen LogP contribution in [-0.4, -0.2) is 44.3 Å². The lowest BCUT2D eigenvalue weighted by Gasteiger charge is -2.37. The number of aliphatic hydroxyl groups is 2. The zero-order valence-corrected chi connectivity index (χ0v) is 18.1. The summed E-state index contributed by atoms with van der Waals surface area (Å²) in [6, 6.07) is 6.34. The molecule has 1 fully saturated rings. The van der Waals surface area contributed by atoms with E-state index < -0.39 is 71.7 Å². The number of aromatic nitrogens is 2. The van der Waals surface area contributed by atoms with Gasteiger partial charge in [-0.3, -0.25) is 9.78 Å². The van der Waals surface area contributed by atoms with Gasteiger partial charge in [-0.15, -0.1) is 0 Å². The molecule has 6 nitrogen and oxygen atoms in total. The minimum atomic E-state index is -2.13. The van der Waals surface area contributed by atoms with Crippen LogP contribution in [0.3, 0.4) is 0 Å². The molecule has 1 aliphatic rings. The summed E-state index contributed by atoms with van der Waals surface area (Å²) < 4.78 is 65.8. The SMILES string of the molecule is [2H][C@@H]1[C@@H](O)[C@H](O)[C@@H](CC)O[C@@]1([2H])c1ccncc1CC(=O)c1ccc(F)c(-c2c(F)cccc2F)n1. The Morgan fingerprint density at radius 3 is 2.62 bits per heavy atom. The Balaban J connectivity index is 1.69. The van der Waals surface area contributed by atoms with Crippen LogP contribution in [0.5, 0.6) is 0 Å². The van der Waals surface area contributed by atoms with Crippen molar-refractivity contribution < 1.29 is 35.7 Å². The highest BCUT2D eigenvalue weighted by molar-refractivity contribution is 5.96. The van der Waals surface area contributed by atoms with Gasteiger partial charge in [0.25, 0.3) is 0 Å². The number of hydrogen-bond donors (Lipinski definition) is 2. The summed E-state index contributed by atoms with van der Waals surface area (Å²) in [5, 5.41) is 20.6. The van der Waals surface area contributed by atoms with Gasteiger partial charge in [-0.2, -0.15) is 0 Å². The fourth-order valence-corrected chi connectivity index (χ4v) is 3.79. The molecule has 0 radical (unpaired) electrons. The number of ether oxygens (including phenoxy) is 1. The van der Waals surface area contributed by atoms with E-state index >= 15 is 0 Å². The molecule has 1 saturated heterocycles. The molecule has 2 aromatic heterocycles. The maximum absolute atomic E-state index is 14.4. The van der Waals surface area contributed by atoms with E-state index in [0.717, 1.165) is 30.3 Å². The van der Waals surface area contributed by atoms with Crippen molar-refractivity contribution in [1.82, 2.24) is 9.97 Å². The van der Waals surface area contributed by atoms with E-state index in [4.69, 9.17) is 7.48 Å². The van der Waals surface area contributed by atoms with Gasteiger partial charge in [0.05, 0.1) is 25.2 Å². The summed E-state index contributed by atoms with van der Waals surface area (Å²) in [5.74, 6) is -3.78. The minimum Gasteiger partial charge on any atom is -0.390 e. The van der Waals surface area contributed by atoms with E-state index in [1.807, 2.05) is 0 Å². The van der Waals surface area contributed by atoms with Gasteiger partial charge in [0, 0.05) is 26.6 Å². The number of rotatable bonds is 6. The van der Waals surface area contributed by atoms with E-state index in [1.54, 1.807) is 6.92 Å². The number of carbonyl (C=O) groups excluding carboxylic acids is 1. The van der Waals surface area contributed by atoms with Crippen molar-refractivity contribution in [1.29, 1.82) is 0 Å². The Labute approximate surface area is 196 Å². The zero-order valence-electron chi connectivity index (χ0n) is 20.1. The Hall–Kier alpha value is -3.14. The molecule has 3 heterocycles. The second kappa shape index (κ2) is 10.0. The number of Topliss-reactive ketones (excluding diaryl/α,β-unsaturated/α-hetero) is 1. The summed E-state index contributed by atoms with van der Waals surface area (Å²) in [5.41, 5.74) is -1.39. The van der Waals surface area contributed by atoms with Gasteiger partial charge in [0.1, 0.15) is 34.9 Å². The van der Waals surface area contributed by atoms with Crippen molar-refractivity contribution in [2.45, 2.75) is 50.6 Å². The lowest BCUT2D eigenvalue weighted by molar-refractivity contribution is -0.171. The smallest absolute Gasteiger partial charge is 0.185 e. The van der Waals surface area contributed by atoms with E-state index in [0.29, 0.717) is 0 Å². The van der Waals surface area contributed by atoms with E-state index in [9.17, 15) is 28.2 Å². The number of carbonyl (C=O) groups is 1. The predicted molar refractivity (Wildman–Crippen MR) is 116 cm³/mol. The van der Waals surface area contributed by atoms with Crippen LogP contribution in [0.1, 0.15) is 50.2 Å². The molecule has 4 rings (SSSR count). The molecule has 1 aliphatic heterocycles. The number of aliphatic hydroxyl groups excluding tert-OH is 2. The molecule has 1 aromatic carbocycles. The first kappa shape index (κ1) is 21.4. The number of hydrogen-bond acceptors (Lipinski definition) is 6. The zero-order chi connectivity index (χ0) is 26.2. The Kier molecular flexibility index (Phi) is 6.30. The van der Waals surface area contributed by atoms with Crippen molar-refractivity contribution in [2.75, 3.05) is 0 Å². The number of nitrogens with zero attached hydrogens (tertiary/aromatic N) is 2. The van der Waals surface area contributed by atoms with Crippen LogP contribution in [0.2, 0.25) is 0 Å². The Morgan fingerprint density at radius 1 is 1.18 bits per heavy atom. The Bertz CT molecular complexity index is 1280. The van der Waals surface area contributed by atoms with Crippen LogP contribution in [-0.2, 0) is 11.2 Å². The molecule has 5 atom stereocenters. The van der Waals surface area contributed by atoms with Gasteiger partial charge < -0.3 is 14.9 Å². The predicted octanol–water partition coefficient (Wildman–Crippen LogP) is 3.95. The van der Waals surface area contributed by atoms with Crippen LogP contribution >= 0.6 is 0 Å². The summed E-state index contributed by atoms with van der Waals surface area (Å²) in [4.78, 5) is 20.9. The molecule has 0 amide bonds. The van der Waals surface area contributed by atoms with Gasteiger partial charge in [0.2, 0.25) is 0 Å². The van der Waals surface area contributed by atoms with Crippen LogP contribution in [0.15, 0.2) is 48.8 Å². The molecule has 0 aliphatic carbocycles. The van der Waals surface area contributed by atoms with Crippen molar-refractivity contribution in [2.24, 2.45) is 0 Å². The molecule has 9 heteroatoms. The molecular formula is C25H23F3N2O4.